The van der Waals surface area contributed by atoms with E-state index in [1.165, 1.54) is 0 Å². The summed E-state index contributed by atoms with van der Waals surface area (Å²) in [6, 6.07) is 9.19. The Morgan fingerprint density at radius 1 is 1.11 bits per heavy atom. The number of β-amino-alcohol motifs (C(OH)–C–C–N with tert-alkyl or cyclic N) is 1. The number of aromatic nitrogens is 1. The van der Waals surface area contributed by atoms with Crippen LogP contribution in [-0.2, 0) is 16.2 Å². The van der Waals surface area contributed by atoms with Gasteiger partial charge in [0.1, 0.15) is 18.5 Å². The number of hydrogen-bond acceptors (Lipinski definition) is 8. The van der Waals surface area contributed by atoms with Crippen LogP contribution in [0.25, 0.3) is 10.2 Å². The zero-order valence-electron chi connectivity index (χ0n) is 20.9. The molecular formula is C25H31F3N4O4S2. The molecular weight excluding hydrogens is 541 g/mol. The van der Waals surface area contributed by atoms with Crippen LogP contribution < -0.4 is 9.46 Å². The number of piperazine rings is 1. The highest BCUT2D eigenvalue weighted by atomic mass is 32.2. The molecule has 2 N–H and O–H groups in total. The number of rotatable bonds is 11. The smallest absolute Gasteiger partial charge is 0.416 e. The number of aryl methyl sites for hydroxylation is 1. The highest BCUT2D eigenvalue weighted by molar-refractivity contribution is 7.89. The van der Waals surface area contributed by atoms with Crippen LogP contribution in [0.1, 0.15) is 17.0 Å². The third-order valence-corrected chi connectivity index (χ3v) is 8.71. The fraction of sp³-hybridized carbons (Fsp3) is 0.480. The van der Waals surface area contributed by atoms with Gasteiger partial charge < -0.3 is 14.7 Å². The van der Waals surface area contributed by atoms with E-state index in [-0.39, 0.29) is 18.0 Å². The standard InChI is InChI=1S/C25H31F3N4O4S2/c1-18-30-23-15-21(5-8-24(23)37-18)36-17-20(33)16-32-13-11-31(12-14-32)10-2-9-29-38(34,35)22-6-3-19(4-7-22)25(26,27)28/h3-8,15,20,29,33H,2,9-14,16-17H2,1H3/t20-/m1/s1. The van der Waals surface area contributed by atoms with Gasteiger partial charge in [0.15, 0.2) is 0 Å². The van der Waals surface area contributed by atoms with E-state index >= 15 is 0 Å². The molecule has 1 aromatic heterocycles. The van der Waals surface area contributed by atoms with E-state index in [0.29, 0.717) is 25.3 Å². The van der Waals surface area contributed by atoms with Crippen LogP contribution in [0, 0.1) is 6.92 Å². The molecule has 0 radical (unpaired) electrons. The summed E-state index contributed by atoms with van der Waals surface area (Å²) in [4.78, 5) is 8.66. The van der Waals surface area contributed by atoms with E-state index in [4.69, 9.17) is 4.74 Å². The fourth-order valence-electron chi connectivity index (χ4n) is 4.27. The summed E-state index contributed by atoms with van der Waals surface area (Å²) in [5, 5.41) is 11.4. The molecule has 1 aliphatic heterocycles. The van der Waals surface area contributed by atoms with E-state index in [9.17, 15) is 26.7 Å². The van der Waals surface area contributed by atoms with E-state index in [1.807, 2.05) is 25.1 Å². The van der Waals surface area contributed by atoms with Crippen LogP contribution in [0.5, 0.6) is 5.75 Å². The highest BCUT2D eigenvalue weighted by Gasteiger charge is 2.30. The third-order valence-electron chi connectivity index (χ3n) is 6.28. The van der Waals surface area contributed by atoms with E-state index in [0.717, 1.165) is 65.7 Å². The molecule has 0 bridgehead atoms. The molecule has 2 aromatic carbocycles. The number of halogens is 3. The van der Waals surface area contributed by atoms with Crippen molar-refractivity contribution in [2.24, 2.45) is 0 Å². The number of aliphatic hydroxyl groups excluding tert-OH is 1. The second-order valence-electron chi connectivity index (χ2n) is 9.24. The molecule has 4 rings (SSSR count). The minimum Gasteiger partial charge on any atom is -0.491 e. The van der Waals surface area contributed by atoms with Gasteiger partial charge in [-0.25, -0.2) is 18.1 Å². The van der Waals surface area contributed by atoms with E-state index in [2.05, 4.69) is 19.5 Å². The SMILES string of the molecule is Cc1nc2cc(OC[C@H](O)CN3CCN(CCCNS(=O)(=O)c4ccc(C(F)(F)F)cc4)CC3)ccc2s1. The lowest BCUT2D eigenvalue weighted by atomic mass is 10.2. The van der Waals surface area contributed by atoms with Gasteiger partial charge in [0.05, 0.1) is 25.7 Å². The Labute approximate surface area is 224 Å². The maximum atomic E-state index is 12.7. The summed E-state index contributed by atoms with van der Waals surface area (Å²) in [6.45, 7) is 6.66. The molecule has 208 valence electrons. The lowest BCUT2D eigenvalue weighted by Crippen LogP contribution is -2.49. The number of ether oxygens (including phenoxy) is 1. The van der Waals surface area contributed by atoms with Crippen molar-refractivity contribution in [1.82, 2.24) is 19.5 Å². The zero-order chi connectivity index (χ0) is 27.3. The quantitative estimate of drug-likeness (QED) is 0.341. The molecule has 8 nitrogen and oxygen atoms in total. The van der Waals surface area contributed by atoms with Crippen LogP contribution in [-0.4, -0.2) is 86.8 Å². The number of nitrogens with one attached hydrogen (secondary N) is 1. The lowest BCUT2D eigenvalue weighted by molar-refractivity contribution is -0.137. The fourth-order valence-corrected chi connectivity index (χ4v) is 6.15. The number of alkyl halides is 3. The molecule has 2 heterocycles. The third kappa shape index (κ3) is 7.87. The molecule has 1 atom stereocenters. The highest BCUT2D eigenvalue weighted by Crippen LogP contribution is 2.29. The number of hydrogen-bond donors (Lipinski definition) is 2. The van der Waals surface area contributed by atoms with Gasteiger partial charge in [-0.3, -0.25) is 4.90 Å². The average Bonchev–Trinajstić information content (AvgIpc) is 3.25. The molecule has 13 heteroatoms. The van der Waals surface area contributed by atoms with Crippen molar-refractivity contribution < 1.29 is 31.4 Å². The Kier molecular flexibility index (Phi) is 9.27. The summed E-state index contributed by atoms with van der Waals surface area (Å²) in [6.07, 6.45) is -4.57. The maximum absolute atomic E-state index is 12.7. The number of fused-ring (bicyclic) bond motifs is 1. The molecule has 0 saturated carbocycles. The van der Waals surface area contributed by atoms with E-state index < -0.39 is 27.9 Å². The summed E-state index contributed by atoms with van der Waals surface area (Å²) in [7, 11) is -3.87. The van der Waals surface area contributed by atoms with Crippen molar-refractivity contribution >= 4 is 31.6 Å². The number of aliphatic hydroxyl groups is 1. The average molecular weight is 573 g/mol. The Bertz CT molecular complexity index is 1310. The van der Waals surface area contributed by atoms with E-state index in [1.54, 1.807) is 11.3 Å². The van der Waals surface area contributed by atoms with Crippen LogP contribution >= 0.6 is 11.3 Å². The van der Waals surface area contributed by atoms with Crippen LogP contribution in [0.15, 0.2) is 47.4 Å². The minimum atomic E-state index is -4.51. The summed E-state index contributed by atoms with van der Waals surface area (Å²) >= 11 is 1.63. The first-order chi connectivity index (χ1) is 18.0. The molecule has 1 aliphatic rings. The van der Waals surface area contributed by atoms with Gasteiger partial charge in [-0.1, -0.05) is 0 Å². The van der Waals surface area contributed by atoms with Crippen LogP contribution in [0.2, 0.25) is 0 Å². The summed E-state index contributed by atoms with van der Waals surface area (Å²) < 4.78 is 72.0. The zero-order valence-corrected chi connectivity index (χ0v) is 22.6. The Morgan fingerprint density at radius 2 is 1.79 bits per heavy atom. The molecule has 1 fully saturated rings. The van der Waals surface area contributed by atoms with Crippen molar-refractivity contribution in [2.45, 2.75) is 30.5 Å². The lowest BCUT2D eigenvalue weighted by Gasteiger charge is -2.35. The number of benzene rings is 2. The first-order valence-electron chi connectivity index (χ1n) is 12.3. The molecule has 0 aliphatic carbocycles. The van der Waals surface area contributed by atoms with Gasteiger partial charge >= 0.3 is 6.18 Å². The first-order valence-corrected chi connectivity index (χ1v) is 14.6. The molecule has 38 heavy (non-hydrogen) atoms. The summed E-state index contributed by atoms with van der Waals surface area (Å²) in [5.74, 6) is 0.681. The van der Waals surface area contributed by atoms with Crippen molar-refractivity contribution in [2.75, 3.05) is 52.4 Å². The van der Waals surface area contributed by atoms with Crippen molar-refractivity contribution in [1.29, 1.82) is 0 Å². The van der Waals surface area contributed by atoms with Crippen molar-refractivity contribution in [3.63, 3.8) is 0 Å². The number of thiazole rings is 1. The second-order valence-corrected chi connectivity index (χ2v) is 12.2. The molecule has 1 saturated heterocycles. The predicted molar refractivity (Wildman–Crippen MR) is 140 cm³/mol. The second kappa shape index (κ2) is 12.3. The monoisotopic (exact) mass is 572 g/mol. The molecule has 0 spiro atoms. The number of sulfonamides is 1. The van der Waals surface area contributed by atoms with Crippen LogP contribution in [0.3, 0.4) is 0 Å². The van der Waals surface area contributed by atoms with Gasteiger partial charge in [0.2, 0.25) is 10.0 Å². The van der Waals surface area contributed by atoms with Gasteiger partial charge in [-0.2, -0.15) is 13.2 Å². The molecule has 0 amide bonds. The Morgan fingerprint density at radius 3 is 2.47 bits per heavy atom. The van der Waals surface area contributed by atoms with Gasteiger partial charge in [0.25, 0.3) is 0 Å². The molecule has 3 aromatic rings. The topological polar surface area (TPSA) is 95.0 Å². The maximum Gasteiger partial charge on any atom is 0.416 e. The van der Waals surface area contributed by atoms with Gasteiger partial charge in [0, 0.05) is 45.3 Å². The van der Waals surface area contributed by atoms with Crippen molar-refractivity contribution in [3.05, 3.63) is 53.0 Å². The minimum absolute atomic E-state index is 0.186. The first kappa shape index (κ1) is 28.7. The predicted octanol–water partition coefficient (Wildman–Crippen LogP) is 3.35. The summed E-state index contributed by atoms with van der Waals surface area (Å²) in [5.41, 5.74) is 0.00207. The molecule has 0 unspecified atom stereocenters. The van der Waals surface area contributed by atoms with Gasteiger partial charge in [-0.15, -0.1) is 11.3 Å². The van der Waals surface area contributed by atoms with Gasteiger partial charge in [-0.05, 0) is 56.3 Å². The normalized spacial score (nSPS) is 16.7. The Hall–Kier alpha value is -2.29. The van der Waals surface area contributed by atoms with Crippen molar-refractivity contribution in [3.8, 4) is 5.75 Å². The number of nitrogens with zero attached hydrogens (tertiary/aromatic N) is 3. The van der Waals surface area contributed by atoms with Crippen LogP contribution in [0.4, 0.5) is 13.2 Å². The largest absolute Gasteiger partial charge is 0.491 e. The Balaban J connectivity index is 1.12.